The van der Waals surface area contributed by atoms with E-state index in [0.717, 1.165) is 18.0 Å². The van der Waals surface area contributed by atoms with Gasteiger partial charge in [-0.1, -0.05) is 24.3 Å². The number of nitrogens with zero attached hydrogens (tertiary/aromatic N) is 1. The van der Waals surface area contributed by atoms with Gasteiger partial charge in [-0.2, -0.15) is 0 Å². The molecule has 0 saturated carbocycles. The molecule has 116 valence electrons. The molecule has 0 fully saturated rings. The van der Waals surface area contributed by atoms with Crippen LogP contribution in [-0.2, 0) is 6.54 Å². The standard InChI is InChI=1S/C18H22N2OS/c1-13-5-6-14(2)17(11-13)19-18(22)20(3)12-15-7-9-16(21-4)10-8-15/h5-11H,12H2,1-4H3,(H,19,22). The number of hydrogen-bond donors (Lipinski definition) is 1. The fourth-order valence-corrected chi connectivity index (χ4v) is 2.33. The summed E-state index contributed by atoms with van der Waals surface area (Å²) in [4.78, 5) is 2.03. The smallest absolute Gasteiger partial charge is 0.173 e. The van der Waals surface area contributed by atoms with Gasteiger partial charge in [0.05, 0.1) is 7.11 Å². The van der Waals surface area contributed by atoms with Crippen LogP contribution in [0.4, 0.5) is 5.69 Å². The summed E-state index contributed by atoms with van der Waals surface area (Å²) in [6.45, 7) is 4.91. The molecule has 0 aliphatic carbocycles. The zero-order valence-corrected chi connectivity index (χ0v) is 14.3. The van der Waals surface area contributed by atoms with E-state index in [4.69, 9.17) is 17.0 Å². The summed E-state index contributed by atoms with van der Waals surface area (Å²) in [6.07, 6.45) is 0. The van der Waals surface area contributed by atoms with E-state index in [1.807, 2.05) is 24.1 Å². The molecule has 0 amide bonds. The first-order valence-corrected chi connectivity index (χ1v) is 7.62. The van der Waals surface area contributed by atoms with Gasteiger partial charge in [-0.05, 0) is 61.0 Å². The van der Waals surface area contributed by atoms with E-state index in [9.17, 15) is 0 Å². The highest BCUT2D eigenvalue weighted by atomic mass is 32.1. The lowest BCUT2D eigenvalue weighted by Crippen LogP contribution is -2.30. The van der Waals surface area contributed by atoms with Crippen LogP contribution in [0.25, 0.3) is 0 Å². The van der Waals surface area contributed by atoms with Gasteiger partial charge >= 0.3 is 0 Å². The van der Waals surface area contributed by atoms with E-state index in [0.29, 0.717) is 5.11 Å². The van der Waals surface area contributed by atoms with E-state index in [1.54, 1.807) is 7.11 Å². The van der Waals surface area contributed by atoms with Gasteiger partial charge < -0.3 is 15.0 Å². The molecule has 0 bridgehead atoms. The second-order valence-corrected chi connectivity index (χ2v) is 5.84. The van der Waals surface area contributed by atoms with Crippen LogP contribution in [0.1, 0.15) is 16.7 Å². The van der Waals surface area contributed by atoms with Crippen molar-refractivity contribution in [1.82, 2.24) is 4.90 Å². The molecule has 22 heavy (non-hydrogen) atoms. The first kappa shape index (κ1) is 16.3. The quantitative estimate of drug-likeness (QED) is 0.857. The Morgan fingerprint density at radius 2 is 1.82 bits per heavy atom. The van der Waals surface area contributed by atoms with Crippen molar-refractivity contribution in [2.75, 3.05) is 19.5 Å². The average molecular weight is 314 g/mol. The maximum absolute atomic E-state index is 5.50. The molecule has 2 rings (SSSR count). The zero-order chi connectivity index (χ0) is 16.1. The van der Waals surface area contributed by atoms with Gasteiger partial charge in [-0.25, -0.2) is 0 Å². The van der Waals surface area contributed by atoms with E-state index < -0.39 is 0 Å². The third-order valence-corrected chi connectivity index (χ3v) is 3.97. The SMILES string of the molecule is COc1ccc(CN(C)C(=S)Nc2cc(C)ccc2C)cc1. The first-order chi connectivity index (χ1) is 10.5. The third kappa shape index (κ3) is 4.21. The number of aryl methyl sites for hydroxylation is 2. The molecule has 0 atom stereocenters. The second kappa shape index (κ2) is 7.27. The molecule has 0 heterocycles. The number of hydrogen-bond acceptors (Lipinski definition) is 2. The number of anilines is 1. The lowest BCUT2D eigenvalue weighted by Gasteiger charge is -2.22. The highest BCUT2D eigenvalue weighted by molar-refractivity contribution is 7.80. The Morgan fingerprint density at radius 1 is 1.14 bits per heavy atom. The van der Waals surface area contributed by atoms with Crippen molar-refractivity contribution in [2.45, 2.75) is 20.4 Å². The van der Waals surface area contributed by atoms with Gasteiger partial charge in [0.2, 0.25) is 0 Å². The highest BCUT2D eigenvalue weighted by Crippen LogP contribution is 2.18. The van der Waals surface area contributed by atoms with Crippen LogP contribution in [0.2, 0.25) is 0 Å². The van der Waals surface area contributed by atoms with Crippen LogP contribution in [0.5, 0.6) is 5.75 Å². The molecule has 0 saturated heterocycles. The number of methoxy groups -OCH3 is 1. The van der Waals surface area contributed by atoms with Crippen LogP contribution in [-0.4, -0.2) is 24.2 Å². The molecule has 0 aliphatic heterocycles. The van der Waals surface area contributed by atoms with Crippen molar-refractivity contribution in [2.24, 2.45) is 0 Å². The molecular formula is C18H22N2OS. The van der Waals surface area contributed by atoms with E-state index in [2.05, 4.69) is 49.5 Å². The minimum absolute atomic E-state index is 0.713. The van der Waals surface area contributed by atoms with E-state index >= 15 is 0 Å². The van der Waals surface area contributed by atoms with Gasteiger partial charge in [0.25, 0.3) is 0 Å². The number of nitrogens with one attached hydrogen (secondary N) is 1. The number of rotatable bonds is 4. The van der Waals surface area contributed by atoms with Crippen LogP contribution in [0.15, 0.2) is 42.5 Å². The third-order valence-electron chi connectivity index (χ3n) is 3.56. The molecule has 0 unspecified atom stereocenters. The Bertz CT molecular complexity index is 653. The van der Waals surface area contributed by atoms with Gasteiger partial charge in [-0.15, -0.1) is 0 Å². The lowest BCUT2D eigenvalue weighted by molar-refractivity contribution is 0.414. The van der Waals surface area contributed by atoms with E-state index in [-0.39, 0.29) is 0 Å². The topological polar surface area (TPSA) is 24.5 Å². The minimum atomic E-state index is 0.713. The zero-order valence-electron chi connectivity index (χ0n) is 13.5. The van der Waals surface area contributed by atoms with Gasteiger partial charge in [-0.3, -0.25) is 0 Å². The Balaban J connectivity index is 2.00. The molecule has 0 aromatic heterocycles. The fraction of sp³-hybridized carbons (Fsp3) is 0.278. The summed E-state index contributed by atoms with van der Waals surface area (Å²) in [6, 6.07) is 14.3. The summed E-state index contributed by atoms with van der Waals surface area (Å²) in [5.74, 6) is 0.863. The van der Waals surface area contributed by atoms with Crippen LogP contribution < -0.4 is 10.1 Å². The minimum Gasteiger partial charge on any atom is -0.497 e. The van der Waals surface area contributed by atoms with Crippen molar-refractivity contribution < 1.29 is 4.74 Å². The number of ether oxygens (including phenoxy) is 1. The molecule has 4 heteroatoms. The number of thiocarbonyl (C=S) groups is 1. The van der Waals surface area contributed by atoms with Gasteiger partial charge in [0.1, 0.15) is 5.75 Å². The maximum atomic E-state index is 5.50. The Hall–Kier alpha value is -2.07. The lowest BCUT2D eigenvalue weighted by atomic mass is 10.1. The van der Waals surface area contributed by atoms with Crippen molar-refractivity contribution in [3.63, 3.8) is 0 Å². The normalized spacial score (nSPS) is 10.2. The van der Waals surface area contributed by atoms with Crippen molar-refractivity contribution in [1.29, 1.82) is 0 Å². The summed E-state index contributed by atoms with van der Waals surface area (Å²) in [5, 5.41) is 4.04. The van der Waals surface area contributed by atoms with Gasteiger partial charge in [0.15, 0.2) is 5.11 Å². The van der Waals surface area contributed by atoms with E-state index in [1.165, 1.54) is 16.7 Å². The molecule has 2 aromatic carbocycles. The van der Waals surface area contributed by atoms with Crippen LogP contribution >= 0.6 is 12.2 Å². The Kier molecular flexibility index (Phi) is 5.39. The fourth-order valence-electron chi connectivity index (χ4n) is 2.16. The first-order valence-electron chi connectivity index (χ1n) is 7.22. The monoisotopic (exact) mass is 314 g/mol. The van der Waals surface area contributed by atoms with Crippen molar-refractivity contribution in [3.05, 3.63) is 59.2 Å². The largest absolute Gasteiger partial charge is 0.497 e. The summed E-state index contributed by atoms with van der Waals surface area (Å²) in [7, 11) is 3.66. The highest BCUT2D eigenvalue weighted by Gasteiger charge is 2.07. The predicted molar refractivity (Wildman–Crippen MR) is 96.6 cm³/mol. The average Bonchev–Trinajstić information content (AvgIpc) is 2.51. The van der Waals surface area contributed by atoms with Crippen molar-refractivity contribution >= 4 is 23.0 Å². The Labute approximate surface area is 137 Å². The summed E-state index contributed by atoms with van der Waals surface area (Å²) in [5.41, 5.74) is 4.65. The summed E-state index contributed by atoms with van der Waals surface area (Å²) < 4.78 is 5.17. The molecule has 0 spiro atoms. The molecule has 1 N–H and O–H groups in total. The molecule has 3 nitrogen and oxygen atoms in total. The molecule has 0 aliphatic rings. The summed E-state index contributed by atoms with van der Waals surface area (Å²) >= 11 is 5.50. The Morgan fingerprint density at radius 3 is 2.45 bits per heavy atom. The maximum Gasteiger partial charge on any atom is 0.173 e. The molecular weight excluding hydrogens is 292 g/mol. The van der Waals surface area contributed by atoms with Crippen LogP contribution in [0.3, 0.4) is 0 Å². The van der Waals surface area contributed by atoms with Crippen molar-refractivity contribution in [3.8, 4) is 5.75 Å². The second-order valence-electron chi connectivity index (χ2n) is 5.45. The number of benzene rings is 2. The predicted octanol–water partition coefficient (Wildman–Crippen LogP) is 4.14. The van der Waals surface area contributed by atoms with Crippen LogP contribution in [0, 0.1) is 13.8 Å². The molecule has 0 radical (unpaired) electrons. The van der Waals surface area contributed by atoms with Gasteiger partial charge in [0, 0.05) is 19.3 Å². The molecule has 2 aromatic rings.